The van der Waals surface area contributed by atoms with Gasteiger partial charge in [0.15, 0.2) is 0 Å². The van der Waals surface area contributed by atoms with Gasteiger partial charge in [0.2, 0.25) is 0 Å². The van der Waals surface area contributed by atoms with Crippen LogP contribution in [0.15, 0.2) is 54.6 Å². The standard InChI is InChI=1S/C20H18N2O2/c21-14-13-19-11-5-4-10-18(19)12-6-7-15-22-20(23)24-16-17-8-2-1-3-9-17/h1-5,8-11H,7,13,15-16H2,(H,22,23). The van der Waals surface area contributed by atoms with E-state index in [-0.39, 0.29) is 6.61 Å². The van der Waals surface area contributed by atoms with Crippen LogP contribution in [0.5, 0.6) is 0 Å². The molecule has 0 atom stereocenters. The van der Waals surface area contributed by atoms with Gasteiger partial charge < -0.3 is 10.1 Å². The summed E-state index contributed by atoms with van der Waals surface area (Å²) < 4.78 is 5.11. The van der Waals surface area contributed by atoms with Gasteiger partial charge in [0.1, 0.15) is 6.61 Å². The van der Waals surface area contributed by atoms with Crippen molar-refractivity contribution >= 4 is 6.09 Å². The van der Waals surface area contributed by atoms with Crippen LogP contribution >= 0.6 is 0 Å². The van der Waals surface area contributed by atoms with Gasteiger partial charge in [0.25, 0.3) is 0 Å². The van der Waals surface area contributed by atoms with E-state index in [4.69, 9.17) is 10.00 Å². The first-order chi connectivity index (χ1) is 11.8. The lowest BCUT2D eigenvalue weighted by atomic mass is 10.1. The minimum atomic E-state index is -0.453. The van der Waals surface area contributed by atoms with Gasteiger partial charge in [-0.2, -0.15) is 5.26 Å². The third-order valence-corrected chi connectivity index (χ3v) is 3.24. The van der Waals surface area contributed by atoms with E-state index in [0.717, 1.165) is 16.7 Å². The molecule has 0 saturated carbocycles. The summed E-state index contributed by atoms with van der Waals surface area (Å²) in [4.78, 5) is 11.6. The van der Waals surface area contributed by atoms with Crippen molar-refractivity contribution < 1.29 is 9.53 Å². The van der Waals surface area contributed by atoms with Crippen LogP contribution in [0.2, 0.25) is 0 Å². The van der Waals surface area contributed by atoms with Crippen molar-refractivity contribution in [3.8, 4) is 17.9 Å². The molecule has 0 radical (unpaired) electrons. The Morgan fingerprint density at radius 1 is 1.08 bits per heavy atom. The van der Waals surface area contributed by atoms with Gasteiger partial charge in [-0.1, -0.05) is 60.4 Å². The highest BCUT2D eigenvalue weighted by atomic mass is 16.5. The summed E-state index contributed by atoms with van der Waals surface area (Å²) in [5, 5.41) is 11.5. The number of amides is 1. The average Bonchev–Trinajstić information content (AvgIpc) is 2.62. The highest BCUT2D eigenvalue weighted by Crippen LogP contribution is 2.07. The van der Waals surface area contributed by atoms with E-state index in [1.54, 1.807) is 0 Å². The molecular weight excluding hydrogens is 300 g/mol. The van der Waals surface area contributed by atoms with Crippen LogP contribution in [0.4, 0.5) is 4.79 Å². The van der Waals surface area contributed by atoms with Gasteiger partial charge in [-0.25, -0.2) is 4.79 Å². The van der Waals surface area contributed by atoms with Crippen LogP contribution in [0, 0.1) is 23.2 Å². The zero-order valence-electron chi connectivity index (χ0n) is 13.3. The molecule has 1 amide bonds. The van der Waals surface area contributed by atoms with Crippen LogP contribution in [-0.4, -0.2) is 12.6 Å². The number of nitrogens with zero attached hydrogens (tertiary/aromatic N) is 1. The minimum absolute atomic E-state index is 0.250. The van der Waals surface area contributed by atoms with Crippen molar-refractivity contribution in [2.45, 2.75) is 19.4 Å². The van der Waals surface area contributed by atoms with E-state index in [0.29, 0.717) is 19.4 Å². The maximum Gasteiger partial charge on any atom is 0.407 e. The van der Waals surface area contributed by atoms with Gasteiger partial charge in [0, 0.05) is 18.5 Å². The second-order valence-electron chi connectivity index (χ2n) is 5.03. The molecule has 0 saturated heterocycles. The van der Waals surface area contributed by atoms with E-state index >= 15 is 0 Å². The predicted octanol–water partition coefficient (Wildman–Crippen LogP) is 3.42. The lowest BCUT2D eigenvalue weighted by molar-refractivity contribution is 0.140. The number of carbonyl (C=O) groups excluding carboxylic acids is 1. The van der Waals surface area contributed by atoms with E-state index in [1.807, 2.05) is 54.6 Å². The number of nitriles is 1. The maximum atomic E-state index is 11.6. The van der Waals surface area contributed by atoms with Gasteiger partial charge in [0.05, 0.1) is 12.5 Å². The van der Waals surface area contributed by atoms with Crippen molar-refractivity contribution in [2.24, 2.45) is 0 Å². The third kappa shape index (κ3) is 5.87. The Bertz CT molecular complexity index is 767. The molecule has 0 aliphatic carbocycles. The first-order valence-corrected chi connectivity index (χ1v) is 7.68. The molecule has 0 aliphatic rings. The maximum absolute atomic E-state index is 11.6. The summed E-state index contributed by atoms with van der Waals surface area (Å²) in [6.07, 6.45) is 0.404. The number of alkyl carbamates (subject to hydrolysis) is 1. The monoisotopic (exact) mass is 318 g/mol. The molecule has 0 fully saturated rings. The Balaban J connectivity index is 1.72. The Hall–Kier alpha value is -3.24. The highest BCUT2D eigenvalue weighted by Gasteiger charge is 2.01. The fraction of sp³-hybridized carbons (Fsp3) is 0.200. The number of rotatable bonds is 5. The Morgan fingerprint density at radius 2 is 1.83 bits per heavy atom. The van der Waals surface area contributed by atoms with Crippen molar-refractivity contribution in [2.75, 3.05) is 6.54 Å². The molecule has 24 heavy (non-hydrogen) atoms. The van der Waals surface area contributed by atoms with Crippen LogP contribution in [0.25, 0.3) is 0 Å². The van der Waals surface area contributed by atoms with E-state index in [1.165, 1.54) is 0 Å². The molecule has 0 bridgehead atoms. The molecule has 2 rings (SSSR count). The van der Waals surface area contributed by atoms with E-state index < -0.39 is 6.09 Å². The SMILES string of the molecule is N#CCc1ccccc1C#CCCNC(=O)OCc1ccccc1. The van der Waals surface area contributed by atoms with Crippen LogP contribution in [0.3, 0.4) is 0 Å². The summed E-state index contributed by atoms with van der Waals surface area (Å²) in [5.41, 5.74) is 2.72. The third-order valence-electron chi connectivity index (χ3n) is 3.24. The van der Waals surface area contributed by atoms with Crippen molar-refractivity contribution in [3.05, 3.63) is 71.3 Å². The predicted molar refractivity (Wildman–Crippen MR) is 91.9 cm³/mol. The van der Waals surface area contributed by atoms with Gasteiger partial charge in [-0.15, -0.1) is 0 Å². The fourth-order valence-corrected chi connectivity index (χ4v) is 2.04. The summed E-state index contributed by atoms with van der Waals surface area (Å²) in [5.74, 6) is 6.04. The molecule has 0 heterocycles. The Labute approximate surface area is 142 Å². The quantitative estimate of drug-likeness (QED) is 0.679. The largest absolute Gasteiger partial charge is 0.445 e. The summed E-state index contributed by atoms with van der Waals surface area (Å²) in [6.45, 7) is 0.668. The van der Waals surface area contributed by atoms with Crippen LogP contribution < -0.4 is 5.32 Å². The number of hydrogen-bond donors (Lipinski definition) is 1. The van der Waals surface area contributed by atoms with Gasteiger partial charge in [-0.3, -0.25) is 0 Å². The topological polar surface area (TPSA) is 62.1 Å². The Kier molecular flexibility index (Phi) is 6.93. The Morgan fingerprint density at radius 3 is 2.62 bits per heavy atom. The molecular formula is C20H18N2O2. The van der Waals surface area contributed by atoms with E-state index in [2.05, 4.69) is 23.2 Å². The first-order valence-electron chi connectivity index (χ1n) is 7.68. The molecule has 0 aromatic heterocycles. The van der Waals surface area contributed by atoms with Crippen molar-refractivity contribution in [1.29, 1.82) is 5.26 Å². The summed E-state index contributed by atoms with van der Waals surface area (Å²) in [6, 6.07) is 19.2. The van der Waals surface area contributed by atoms with Crippen molar-refractivity contribution in [1.82, 2.24) is 5.32 Å². The lowest BCUT2D eigenvalue weighted by Gasteiger charge is -2.05. The molecule has 2 aromatic rings. The normalized spacial score (nSPS) is 9.29. The minimum Gasteiger partial charge on any atom is -0.445 e. The molecule has 0 aliphatic heterocycles. The average molecular weight is 318 g/mol. The number of hydrogen-bond acceptors (Lipinski definition) is 3. The summed E-state index contributed by atoms with van der Waals surface area (Å²) >= 11 is 0. The lowest BCUT2D eigenvalue weighted by Crippen LogP contribution is -2.24. The van der Waals surface area contributed by atoms with Gasteiger partial charge in [-0.05, 0) is 17.2 Å². The van der Waals surface area contributed by atoms with Gasteiger partial charge >= 0.3 is 6.09 Å². The number of nitrogens with one attached hydrogen (secondary N) is 1. The summed E-state index contributed by atoms with van der Waals surface area (Å²) in [7, 11) is 0. The van der Waals surface area contributed by atoms with E-state index in [9.17, 15) is 4.79 Å². The second kappa shape index (κ2) is 9.71. The molecule has 2 aromatic carbocycles. The number of ether oxygens (including phenoxy) is 1. The molecule has 4 nitrogen and oxygen atoms in total. The molecule has 0 spiro atoms. The first kappa shape index (κ1) is 17.1. The molecule has 120 valence electrons. The zero-order valence-corrected chi connectivity index (χ0v) is 13.3. The molecule has 0 unspecified atom stereocenters. The zero-order chi connectivity index (χ0) is 17.0. The molecule has 1 N–H and O–H groups in total. The fourth-order valence-electron chi connectivity index (χ4n) is 2.04. The number of benzene rings is 2. The number of carbonyl (C=O) groups is 1. The second-order valence-corrected chi connectivity index (χ2v) is 5.03. The highest BCUT2D eigenvalue weighted by molar-refractivity contribution is 5.67. The van der Waals surface area contributed by atoms with Crippen LogP contribution in [-0.2, 0) is 17.8 Å². The van der Waals surface area contributed by atoms with Crippen molar-refractivity contribution in [3.63, 3.8) is 0 Å². The molecule has 4 heteroatoms. The van der Waals surface area contributed by atoms with Crippen LogP contribution in [0.1, 0.15) is 23.1 Å². The smallest absolute Gasteiger partial charge is 0.407 e.